The fraction of sp³-hybridized carbons (Fsp3) is 0.355. The average molecular weight is 601 g/mol. The number of pyridine rings is 2. The van der Waals surface area contributed by atoms with E-state index in [9.17, 15) is 14.4 Å². The van der Waals surface area contributed by atoms with E-state index in [1.54, 1.807) is 17.3 Å². The van der Waals surface area contributed by atoms with Gasteiger partial charge in [-0.1, -0.05) is 30.3 Å². The zero-order valence-electron chi connectivity index (χ0n) is 23.7. The molecule has 0 spiro atoms. The average Bonchev–Trinajstić information content (AvgIpc) is 3.35. The number of piperazine rings is 1. The van der Waals surface area contributed by atoms with E-state index in [4.69, 9.17) is 26.3 Å². The number of halogens is 2. The Morgan fingerprint density at radius 2 is 2.05 bits per heavy atom. The minimum atomic E-state index is -0.899. The van der Waals surface area contributed by atoms with Crippen LogP contribution in [0.15, 0.2) is 55.4 Å². The molecule has 220 valence electrons. The molecule has 10 nitrogen and oxygen atoms in total. The molecule has 12 heteroatoms. The van der Waals surface area contributed by atoms with Crippen LogP contribution in [0.4, 0.5) is 10.2 Å². The highest BCUT2D eigenvalue weighted by Crippen LogP contribution is 2.35. The van der Waals surface area contributed by atoms with Gasteiger partial charge in [-0.05, 0) is 37.7 Å². The number of hydrogen-bond donors (Lipinski definition) is 0. The number of hydrogen-bond acceptors (Lipinski definition) is 9. The minimum Gasteiger partial charge on any atom is -0.462 e. The van der Waals surface area contributed by atoms with Gasteiger partial charge in [0.05, 0.1) is 29.6 Å². The number of alkyl halides is 1. The lowest BCUT2D eigenvalue weighted by Crippen LogP contribution is -2.55. The molecule has 2 saturated heterocycles. The largest absolute Gasteiger partial charge is 0.462 e. The topological polar surface area (TPSA) is 111 Å². The van der Waals surface area contributed by atoms with Gasteiger partial charge in [0, 0.05) is 66.0 Å². The van der Waals surface area contributed by atoms with Gasteiger partial charge in [0.25, 0.3) is 0 Å². The second kappa shape index (κ2) is 12.1. The molecular weight excluding hydrogens is 571 g/mol. The first-order chi connectivity index (χ1) is 20.9. The van der Waals surface area contributed by atoms with Crippen molar-refractivity contribution in [1.29, 1.82) is 5.26 Å². The van der Waals surface area contributed by atoms with Crippen LogP contribution in [0.1, 0.15) is 12.8 Å². The Bertz CT molecular complexity index is 1740. The van der Waals surface area contributed by atoms with Crippen molar-refractivity contribution in [2.45, 2.75) is 31.1 Å². The quantitative estimate of drug-likeness (QED) is 0.284. The summed E-state index contributed by atoms with van der Waals surface area (Å²) in [6.07, 6.45) is 4.40. The van der Waals surface area contributed by atoms with E-state index in [-0.39, 0.29) is 37.0 Å². The molecule has 43 heavy (non-hydrogen) atoms. The minimum absolute atomic E-state index is 0.102. The summed E-state index contributed by atoms with van der Waals surface area (Å²) >= 11 is 6.60. The normalized spacial score (nSPS) is 20.8. The maximum absolute atomic E-state index is 14.0. The van der Waals surface area contributed by atoms with Crippen molar-refractivity contribution >= 4 is 45.1 Å². The van der Waals surface area contributed by atoms with Crippen molar-refractivity contribution in [2.75, 3.05) is 44.7 Å². The van der Waals surface area contributed by atoms with E-state index in [1.807, 2.05) is 47.2 Å². The Kier molecular flexibility index (Phi) is 8.06. The van der Waals surface area contributed by atoms with Crippen molar-refractivity contribution in [2.24, 2.45) is 0 Å². The summed E-state index contributed by atoms with van der Waals surface area (Å²) in [5, 5.41) is 12.5. The Morgan fingerprint density at radius 1 is 1.19 bits per heavy atom. The number of carbonyl (C=O) groups excluding carboxylic acids is 1. The zero-order chi connectivity index (χ0) is 30.1. The van der Waals surface area contributed by atoms with Crippen LogP contribution in [0.2, 0.25) is 5.02 Å². The van der Waals surface area contributed by atoms with Gasteiger partial charge < -0.3 is 14.5 Å². The summed E-state index contributed by atoms with van der Waals surface area (Å²) in [6.45, 7) is 5.46. The van der Waals surface area contributed by atoms with Crippen molar-refractivity contribution in [3.8, 4) is 23.3 Å². The molecule has 0 aliphatic carbocycles. The Labute approximate surface area is 253 Å². The van der Waals surface area contributed by atoms with Crippen LogP contribution in [-0.2, 0) is 4.79 Å². The van der Waals surface area contributed by atoms with Gasteiger partial charge in [0.1, 0.15) is 18.6 Å². The molecule has 3 atom stereocenters. The number of rotatable bonds is 7. The molecule has 2 fully saturated rings. The smallest absolute Gasteiger partial charge is 0.320 e. The molecule has 0 bridgehead atoms. The number of nitrogens with zero attached hydrogens (tertiary/aromatic N) is 8. The van der Waals surface area contributed by atoms with Gasteiger partial charge in [0.15, 0.2) is 5.65 Å². The third-order valence-electron chi connectivity index (χ3n) is 8.14. The zero-order valence-corrected chi connectivity index (χ0v) is 24.4. The highest BCUT2D eigenvalue weighted by atomic mass is 35.5. The van der Waals surface area contributed by atoms with E-state index in [0.717, 1.165) is 16.3 Å². The molecule has 4 aromatic rings. The monoisotopic (exact) mass is 600 g/mol. The number of carbonyl (C=O) groups is 1. The molecule has 0 N–H and O–H groups in total. The molecule has 5 heterocycles. The summed E-state index contributed by atoms with van der Waals surface area (Å²) in [5.41, 5.74) is 1.81. The summed E-state index contributed by atoms with van der Waals surface area (Å²) in [4.78, 5) is 36.9. The standard InChI is InChI=1S/C31H30ClFN8O2/c1-3-27(42)41-12-11-40(17-21(41)9-10-34)30-23-7-8-26(24-15-35-14-19-5-4-6-25(32)28(19)24)36-29(23)37-31(38-30)43-18-22-13-20(33)16-39(22)2/h3-8,14-15,20-22H,1,9,11-13,16-18H2,2H3/t20-,21?,22+/m1/s1. The fourth-order valence-corrected chi connectivity index (χ4v) is 6.21. The lowest BCUT2D eigenvalue weighted by Gasteiger charge is -2.41. The fourth-order valence-electron chi connectivity index (χ4n) is 5.93. The predicted molar refractivity (Wildman–Crippen MR) is 163 cm³/mol. The first kappa shape index (κ1) is 28.7. The first-order valence-electron chi connectivity index (χ1n) is 14.1. The summed E-state index contributed by atoms with van der Waals surface area (Å²) in [7, 11) is 1.87. The van der Waals surface area contributed by atoms with Crippen molar-refractivity contribution in [1.82, 2.24) is 29.7 Å². The Morgan fingerprint density at radius 3 is 2.81 bits per heavy atom. The number of benzene rings is 1. The van der Waals surface area contributed by atoms with Crippen LogP contribution in [0.3, 0.4) is 0 Å². The van der Waals surface area contributed by atoms with Crippen LogP contribution in [0.25, 0.3) is 33.1 Å². The van der Waals surface area contributed by atoms with Gasteiger partial charge in [-0.2, -0.15) is 15.2 Å². The van der Waals surface area contributed by atoms with Gasteiger partial charge in [-0.15, -0.1) is 0 Å². The van der Waals surface area contributed by atoms with E-state index >= 15 is 0 Å². The van der Waals surface area contributed by atoms with Crippen molar-refractivity contribution < 1.29 is 13.9 Å². The van der Waals surface area contributed by atoms with Crippen LogP contribution >= 0.6 is 11.6 Å². The predicted octanol–water partition coefficient (Wildman–Crippen LogP) is 4.43. The van der Waals surface area contributed by atoms with Crippen LogP contribution in [0.5, 0.6) is 6.01 Å². The van der Waals surface area contributed by atoms with E-state index in [2.05, 4.69) is 22.6 Å². The number of fused-ring (bicyclic) bond motifs is 2. The molecular formula is C31H30ClFN8O2. The molecule has 3 aromatic heterocycles. The number of likely N-dealkylation sites (tertiary alicyclic amines) is 1. The van der Waals surface area contributed by atoms with Crippen molar-refractivity contribution in [3.05, 3.63) is 60.4 Å². The number of likely N-dealkylation sites (N-methyl/N-ethyl adjacent to an activating group) is 1. The van der Waals surface area contributed by atoms with Crippen LogP contribution < -0.4 is 9.64 Å². The second-order valence-corrected chi connectivity index (χ2v) is 11.3. The summed E-state index contributed by atoms with van der Waals surface area (Å²) < 4.78 is 20.1. The molecule has 2 aliphatic rings. The Balaban J connectivity index is 1.41. The lowest BCUT2D eigenvalue weighted by molar-refractivity contribution is -0.128. The second-order valence-electron chi connectivity index (χ2n) is 10.9. The van der Waals surface area contributed by atoms with Gasteiger partial charge >= 0.3 is 6.01 Å². The van der Waals surface area contributed by atoms with E-state index < -0.39 is 6.17 Å². The number of ether oxygens (including phenoxy) is 1. The van der Waals surface area contributed by atoms with Crippen LogP contribution in [0, 0.1) is 11.3 Å². The molecule has 1 aromatic carbocycles. The highest BCUT2D eigenvalue weighted by molar-refractivity contribution is 6.36. The summed E-state index contributed by atoms with van der Waals surface area (Å²) in [5.74, 6) is 0.377. The molecule has 0 saturated carbocycles. The molecule has 6 rings (SSSR count). The molecule has 1 amide bonds. The first-order valence-corrected chi connectivity index (χ1v) is 14.5. The Hall–Kier alpha value is -4.40. The van der Waals surface area contributed by atoms with E-state index in [1.165, 1.54) is 6.08 Å². The maximum Gasteiger partial charge on any atom is 0.320 e. The van der Waals surface area contributed by atoms with Crippen LogP contribution in [-0.4, -0.2) is 93.7 Å². The third kappa shape index (κ3) is 5.68. The molecule has 2 aliphatic heterocycles. The molecule has 0 radical (unpaired) electrons. The number of nitriles is 1. The van der Waals surface area contributed by atoms with Gasteiger partial charge in [0.2, 0.25) is 5.91 Å². The molecule has 1 unspecified atom stereocenters. The third-order valence-corrected chi connectivity index (χ3v) is 8.45. The maximum atomic E-state index is 14.0. The summed E-state index contributed by atoms with van der Waals surface area (Å²) in [6, 6.07) is 11.3. The van der Waals surface area contributed by atoms with Gasteiger partial charge in [-0.25, -0.2) is 9.37 Å². The lowest BCUT2D eigenvalue weighted by atomic mass is 10.0. The number of aromatic nitrogens is 4. The number of anilines is 1. The highest BCUT2D eigenvalue weighted by Gasteiger charge is 2.32. The SMILES string of the molecule is C=CC(=O)N1CCN(c2nc(OC[C@@H]3C[C@@H](F)CN3C)nc3nc(-c4cncc5cccc(Cl)c45)ccc23)CC1CC#N. The van der Waals surface area contributed by atoms with E-state index in [0.29, 0.717) is 60.2 Å². The number of amides is 1. The van der Waals surface area contributed by atoms with Crippen molar-refractivity contribution in [3.63, 3.8) is 0 Å². The van der Waals surface area contributed by atoms with Gasteiger partial charge in [-0.3, -0.25) is 14.7 Å².